The van der Waals surface area contributed by atoms with Gasteiger partial charge in [-0.05, 0) is 54.7 Å². The number of aliphatic hydroxyl groups is 2. The standard InChI is InChI=1S/C35H35Cl2N3O5/c1-23-26(22-45-34-15-33(27(20-41)14-31(34)36)44-21-25-13-24(16-38)17-39-18-25)5-2-6-29(23)30-7-3-8-32(35(30)37)43-12-4-10-40-11-9-28(42)19-40/h2-3,5-8,13-15,17-18,28,41-42H,4,9-12,19-22H2,1H3/t28-/m1/s1. The van der Waals surface area contributed by atoms with Crippen molar-refractivity contribution in [1.82, 2.24) is 9.88 Å². The van der Waals surface area contributed by atoms with Gasteiger partial charge in [0.25, 0.3) is 0 Å². The number of benzene rings is 3. The van der Waals surface area contributed by atoms with Gasteiger partial charge in [-0.15, -0.1) is 0 Å². The molecule has 0 unspecified atom stereocenters. The van der Waals surface area contributed by atoms with Crippen molar-refractivity contribution in [2.24, 2.45) is 0 Å². The number of hydrogen-bond donors (Lipinski definition) is 2. The van der Waals surface area contributed by atoms with Crippen LogP contribution in [-0.4, -0.2) is 52.4 Å². The van der Waals surface area contributed by atoms with Gasteiger partial charge in [-0.25, -0.2) is 0 Å². The number of halogens is 2. The zero-order valence-corrected chi connectivity index (χ0v) is 26.5. The van der Waals surface area contributed by atoms with E-state index in [4.69, 9.17) is 42.7 Å². The number of likely N-dealkylation sites (tertiary alicyclic amines) is 1. The van der Waals surface area contributed by atoms with Gasteiger partial charge in [-0.1, -0.05) is 53.5 Å². The van der Waals surface area contributed by atoms with Crippen molar-refractivity contribution in [2.75, 3.05) is 26.2 Å². The van der Waals surface area contributed by atoms with Gasteiger partial charge in [0.2, 0.25) is 0 Å². The highest BCUT2D eigenvalue weighted by Gasteiger charge is 2.20. The minimum Gasteiger partial charge on any atom is -0.492 e. The fourth-order valence-corrected chi connectivity index (χ4v) is 5.86. The third-order valence-electron chi connectivity index (χ3n) is 7.81. The predicted octanol–water partition coefficient (Wildman–Crippen LogP) is 6.72. The van der Waals surface area contributed by atoms with Gasteiger partial charge in [0.1, 0.15) is 36.5 Å². The highest BCUT2D eigenvalue weighted by atomic mass is 35.5. The molecule has 1 aromatic heterocycles. The van der Waals surface area contributed by atoms with Crippen molar-refractivity contribution in [2.45, 2.75) is 45.7 Å². The second-order valence-corrected chi connectivity index (χ2v) is 11.8. The Labute approximate surface area is 273 Å². The van der Waals surface area contributed by atoms with Crippen molar-refractivity contribution in [3.05, 3.63) is 105 Å². The number of β-amino-alcohol motifs (C(OH)–C–C–N with tert-alkyl or cyclic N) is 1. The van der Waals surface area contributed by atoms with Crippen LogP contribution in [0.1, 0.15) is 40.7 Å². The van der Waals surface area contributed by atoms with Crippen LogP contribution in [0.3, 0.4) is 0 Å². The van der Waals surface area contributed by atoms with Crippen LogP contribution in [0.5, 0.6) is 17.2 Å². The van der Waals surface area contributed by atoms with Crippen LogP contribution in [0.2, 0.25) is 10.0 Å². The van der Waals surface area contributed by atoms with Gasteiger partial charge in [0, 0.05) is 54.8 Å². The van der Waals surface area contributed by atoms with Crippen molar-refractivity contribution < 1.29 is 24.4 Å². The van der Waals surface area contributed by atoms with Gasteiger partial charge in [-0.3, -0.25) is 4.98 Å². The van der Waals surface area contributed by atoms with E-state index in [0.29, 0.717) is 45.0 Å². The highest BCUT2D eigenvalue weighted by Crippen LogP contribution is 2.38. The van der Waals surface area contributed by atoms with Gasteiger partial charge in [0.15, 0.2) is 0 Å². The normalized spacial score (nSPS) is 14.7. The van der Waals surface area contributed by atoms with Crippen LogP contribution in [0.25, 0.3) is 11.1 Å². The molecule has 0 radical (unpaired) electrons. The molecule has 1 aliphatic rings. The summed E-state index contributed by atoms with van der Waals surface area (Å²) in [5.74, 6) is 1.47. The third-order valence-corrected chi connectivity index (χ3v) is 8.50. The fourth-order valence-electron chi connectivity index (χ4n) is 5.34. The number of aliphatic hydroxyl groups excluding tert-OH is 2. The summed E-state index contributed by atoms with van der Waals surface area (Å²) >= 11 is 13.4. The number of aromatic nitrogens is 1. The van der Waals surface area contributed by atoms with E-state index in [0.717, 1.165) is 60.3 Å². The van der Waals surface area contributed by atoms with Crippen molar-refractivity contribution in [1.29, 1.82) is 5.26 Å². The molecular weight excluding hydrogens is 613 g/mol. The molecule has 0 bridgehead atoms. The molecule has 4 aromatic rings. The monoisotopic (exact) mass is 647 g/mol. The second-order valence-electron chi connectivity index (χ2n) is 11.0. The molecule has 8 nitrogen and oxygen atoms in total. The van der Waals surface area contributed by atoms with Crippen LogP contribution in [0.4, 0.5) is 0 Å². The topological polar surface area (TPSA) is 108 Å². The van der Waals surface area contributed by atoms with E-state index in [1.807, 2.05) is 43.3 Å². The SMILES string of the molecule is Cc1c(COc2cc(OCc3cncc(C#N)c3)c(CO)cc2Cl)cccc1-c1cccc(OCCCN2CC[C@@H](O)C2)c1Cl. The Balaban J connectivity index is 1.26. The smallest absolute Gasteiger partial charge is 0.142 e. The van der Waals surface area contributed by atoms with Crippen LogP contribution in [0, 0.1) is 18.3 Å². The molecule has 3 aromatic carbocycles. The lowest BCUT2D eigenvalue weighted by Gasteiger charge is -2.18. The Morgan fingerprint density at radius 1 is 0.956 bits per heavy atom. The average molecular weight is 649 g/mol. The summed E-state index contributed by atoms with van der Waals surface area (Å²) in [5.41, 5.74) is 5.47. The second kappa shape index (κ2) is 15.4. The lowest BCUT2D eigenvalue weighted by molar-refractivity contribution is 0.173. The molecular formula is C35H35Cl2N3O5. The first-order chi connectivity index (χ1) is 21.9. The van der Waals surface area contributed by atoms with Crippen molar-refractivity contribution in [3.8, 4) is 34.4 Å². The molecule has 1 atom stereocenters. The molecule has 2 heterocycles. The molecule has 2 N–H and O–H groups in total. The molecule has 234 valence electrons. The minimum absolute atomic E-state index is 0.157. The van der Waals surface area contributed by atoms with Crippen molar-refractivity contribution in [3.63, 3.8) is 0 Å². The Morgan fingerprint density at radius 2 is 1.76 bits per heavy atom. The molecule has 0 amide bonds. The maximum Gasteiger partial charge on any atom is 0.142 e. The van der Waals surface area contributed by atoms with Crippen LogP contribution in [0.15, 0.2) is 67.0 Å². The van der Waals surface area contributed by atoms with E-state index in [1.54, 1.807) is 24.4 Å². The Bertz CT molecular complexity index is 1680. The Hall–Kier alpha value is -3.84. The van der Waals surface area contributed by atoms with Crippen LogP contribution < -0.4 is 14.2 Å². The molecule has 10 heteroatoms. The minimum atomic E-state index is -0.265. The van der Waals surface area contributed by atoms with Crippen LogP contribution in [-0.2, 0) is 19.8 Å². The van der Waals surface area contributed by atoms with E-state index in [9.17, 15) is 10.2 Å². The zero-order chi connectivity index (χ0) is 31.8. The van der Waals surface area contributed by atoms with E-state index in [1.165, 1.54) is 6.20 Å². The quantitative estimate of drug-likeness (QED) is 0.154. The number of nitrogens with zero attached hydrogens (tertiary/aromatic N) is 3. The molecule has 0 spiro atoms. The summed E-state index contributed by atoms with van der Waals surface area (Å²) in [7, 11) is 0. The van der Waals surface area contributed by atoms with E-state index < -0.39 is 0 Å². The van der Waals surface area contributed by atoms with Gasteiger partial charge in [0.05, 0.1) is 34.9 Å². The molecule has 1 aliphatic heterocycles. The average Bonchev–Trinajstić information content (AvgIpc) is 3.47. The van der Waals surface area contributed by atoms with E-state index in [2.05, 4.69) is 16.0 Å². The number of nitriles is 1. The van der Waals surface area contributed by atoms with Gasteiger partial charge < -0.3 is 29.3 Å². The highest BCUT2D eigenvalue weighted by molar-refractivity contribution is 6.35. The summed E-state index contributed by atoms with van der Waals surface area (Å²) in [6.07, 6.45) is 4.56. The summed E-state index contributed by atoms with van der Waals surface area (Å²) in [5, 5.41) is 29.7. The number of ether oxygens (including phenoxy) is 3. The summed E-state index contributed by atoms with van der Waals surface area (Å²) < 4.78 is 18.2. The number of rotatable bonds is 13. The van der Waals surface area contributed by atoms with Crippen LogP contribution >= 0.6 is 23.2 Å². The first-order valence-corrected chi connectivity index (χ1v) is 15.5. The molecule has 45 heavy (non-hydrogen) atoms. The zero-order valence-electron chi connectivity index (χ0n) is 25.0. The first-order valence-electron chi connectivity index (χ1n) is 14.8. The largest absolute Gasteiger partial charge is 0.492 e. The lowest BCUT2D eigenvalue weighted by atomic mass is 9.96. The van der Waals surface area contributed by atoms with Gasteiger partial charge >= 0.3 is 0 Å². The number of hydrogen-bond acceptors (Lipinski definition) is 8. The molecule has 5 rings (SSSR count). The fraction of sp³-hybridized carbons (Fsp3) is 0.314. The van der Waals surface area contributed by atoms with Gasteiger partial charge in [-0.2, -0.15) is 5.26 Å². The maximum atomic E-state index is 9.89. The summed E-state index contributed by atoms with van der Waals surface area (Å²) in [6, 6.07) is 18.8. The van der Waals surface area contributed by atoms with E-state index in [-0.39, 0.29) is 25.9 Å². The lowest BCUT2D eigenvalue weighted by Crippen LogP contribution is -2.24. The maximum absolute atomic E-state index is 9.89. The Morgan fingerprint density at radius 3 is 2.53 bits per heavy atom. The summed E-state index contributed by atoms with van der Waals surface area (Å²) in [4.78, 5) is 6.31. The predicted molar refractivity (Wildman–Crippen MR) is 174 cm³/mol. The van der Waals surface area contributed by atoms with E-state index >= 15 is 0 Å². The molecule has 1 saturated heterocycles. The van der Waals surface area contributed by atoms with Crippen molar-refractivity contribution >= 4 is 23.2 Å². The Kier molecular flexibility index (Phi) is 11.2. The third kappa shape index (κ3) is 8.26. The summed E-state index contributed by atoms with van der Waals surface area (Å²) in [6.45, 7) is 5.21. The molecule has 0 saturated carbocycles. The molecule has 0 aliphatic carbocycles. The number of pyridine rings is 1. The molecule has 1 fully saturated rings. The first kappa shape index (κ1) is 32.6.